The molecule has 0 spiro atoms. The predicted octanol–water partition coefficient (Wildman–Crippen LogP) is 3.83. The molecule has 0 fully saturated rings. The van der Waals surface area contributed by atoms with Crippen molar-refractivity contribution in [3.05, 3.63) is 59.5 Å². The summed E-state index contributed by atoms with van der Waals surface area (Å²) in [4.78, 5) is 4.44. The quantitative estimate of drug-likeness (QED) is 0.657. The fourth-order valence-electron chi connectivity index (χ4n) is 2.82. The van der Waals surface area contributed by atoms with Gasteiger partial charge in [0.2, 0.25) is 21.7 Å². The van der Waals surface area contributed by atoms with Crippen LogP contribution in [-0.2, 0) is 22.0 Å². The van der Waals surface area contributed by atoms with E-state index in [2.05, 4.69) is 35.6 Å². The molecule has 2 aromatic carbocycles. The van der Waals surface area contributed by atoms with Gasteiger partial charge in [-0.15, -0.1) is 0 Å². The largest absolute Gasteiger partial charge is 0.496 e. The van der Waals surface area contributed by atoms with Crippen LogP contribution in [0.5, 0.6) is 5.75 Å². The van der Waals surface area contributed by atoms with Crippen LogP contribution in [0.3, 0.4) is 0 Å². The number of hydrogen-bond acceptors (Lipinski definition) is 6. The van der Waals surface area contributed by atoms with Gasteiger partial charge >= 0.3 is 0 Å². The van der Waals surface area contributed by atoms with Crippen molar-refractivity contribution in [1.29, 1.82) is 0 Å². The molecule has 154 valence electrons. The molecule has 3 aromatic rings. The molecule has 0 aliphatic rings. The molecule has 8 heteroatoms. The van der Waals surface area contributed by atoms with E-state index in [4.69, 9.17) is 9.26 Å². The molecule has 0 aliphatic carbocycles. The number of ether oxygens (including phenoxy) is 1. The minimum absolute atomic E-state index is 0.0546. The fourth-order valence-corrected chi connectivity index (χ4v) is 3.88. The molecule has 3 rings (SSSR count). The average Bonchev–Trinajstić information content (AvgIpc) is 3.15. The number of methoxy groups -OCH3 is 1. The summed E-state index contributed by atoms with van der Waals surface area (Å²) in [5, 5.41) is 3.95. The Morgan fingerprint density at radius 1 is 1.10 bits per heavy atom. The third kappa shape index (κ3) is 4.83. The van der Waals surface area contributed by atoms with E-state index in [0.29, 0.717) is 11.6 Å². The topological polar surface area (TPSA) is 94.3 Å². The highest BCUT2D eigenvalue weighted by Crippen LogP contribution is 2.25. The number of aryl methyl sites for hydroxylation is 1. The maximum Gasteiger partial charge on any atom is 0.242 e. The molecule has 7 nitrogen and oxygen atoms in total. The second-order valence-corrected chi connectivity index (χ2v) is 9.56. The van der Waals surface area contributed by atoms with Gasteiger partial charge < -0.3 is 9.26 Å². The molecule has 0 unspecified atom stereocenters. The lowest BCUT2D eigenvalue weighted by Crippen LogP contribution is -2.23. The minimum Gasteiger partial charge on any atom is -0.496 e. The van der Waals surface area contributed by atoms with Crippen molar-refractivity contribution in [3.63, 3.8) is 0 Å². The second-order valence-electron chi connectivity index (χ2n) is 7.80. The van der Waals surface area contributed by atoms with Crippen LogP contribution in [0.4, 0.5) is 0 Å². The molecule has 0 atom stereocenters. The zero-order valence-corrected chi connectivity index (χ0v) is 18.0. The molecule has 0 aliphatic heterocycles. The van der Waals surface area contributed by atoms with E-state index in [1.54, 1.807) is 26.2 Å². The number of rotatable bonds is 6. The number of benzene rings is 2. The first-order valence-corrected chi connectivity index (χ1v) is 10.7. The van der Waals surface area contributed by atoms with Crippen molar-refractivity contribution < 1.29 is 17.7 Å². The number of aromatic nitrogens is 2. The summed E-state index contributed by atoms with van der Waals surface area (Å²) < 4.78 is 37.9. The SMILES string of the molecule is COc1ccc(S(=O)(=O)NCc2nc(-c3ccc(C(C)(C)C)cc3)no2)cc1C. The van der Waals surface area contributed by atoms with Crippen molar-refractivity contribution in [2.75, 3.05) is 7.11 Å². The van der Waals surface area contributed by atoms with E-state index in [1.807, 2.05) is 24.3 Å². The number of hydrogen-bond donors (Lipinski definition) is 1. The van der Waals surface area contributed by atoms with Crippen molar-refractivity contribution in [2.45, 2.75) is 44.6 Å². The predicted molar refractivity (Wildman–Crippen MR) is 110 cm³/mol. The molecule has 1 N–H and O–H groups in total. The third-order valence-electron chi connectivity index (χ3n) is 4.57. The van der Waals surface area contributed by atoms with Crippen molar-refractivity contribution in [3.8, 4) is 17.1 Å². The summed E-state index contributed by atoms with van der Waals surface area (Å²) in [5.74, 6) is 1.23. The van der Waals surface area contributed by atoms with Crippen molar-refractivity contribution >= 4 is 10.0 Å². The molecule has 0 radical (unpaired) electrons. The molecule has 29 heavy (non-hydrogen) atoms. The summed E-state index contributed by atoms with van der Waals surface area (Å²) in [6.07, 6.45) is 0. The Morgan fingerprint density at radius 2 is 1.79 bits per heavy atom. The highest BCUT2D eigenvalue weighted by molar-refractivity contribution is 7.89. The van der Waals surface area contributed by atoms with Gasteiger partial charge in [0, 0.05) is 5.56 Å². The maximum absolute atomic E-state index is 12.5. The van der Waals surface area contributed by atoms with Crippen LogP contribution in [0.25, 0.3) is 11.4 Å². The Balaban J connectivity index is 1.71. The van der Waals surface area contributed by atoms with Crippen LogP contribution < -0.4 is 9.46 Å². The lowest BCUT2D eigenvalue weighted by molar-refractivity contribution is 0.376. The van der Waals surface area contributed by atoms with Crippen LogP contribution in [0.15, 0.2) is 51.9 Å². The highest BCUT2D eigenvalue weighted by atomic mass is 32.2. The molecular weight excluding hydrogens is 390 g/mol. The Hall–Kier alpha value is -2.71. The second kappa shape index (κ2) is 7.96. The number of nitrogens with zero attached hydrogens (tertiary/aromatic N) is 2. The zero-order valence-electron chi connectivity index (χ0n) is 17.2. The molecule has 1 heterocycles. The van der Waals surface area contributed by atoms with Crippen molar-refractivity contribution in [1.82, 2.24) is 14.9 Å². The van der Waals surface area contributed by atoms with Crippen LogP contribution >= 0.6 is 0 Å². The van der Waals surface area contributed by atoms with E-state index in [-0.39, 0.29) is 22.7 Å². The summed E-state index contributed by atoms with van der Waals surface area (Å²) in [7, 11) is -2.18. The van der Waals surface area contributed by atoms with Gasteiger partial charge in [-0.25, -0.2) is 13.1 Å². The van der Waals surface area contributed by atoms with Gasteiger partial charge in [-0.3, -0.25) is 0 Å². The Bertz CT molecular complexity index is 1100. The number of sulfonamides is 1. The normalized spacial score (nSPS) is 12.2. The van der Waals surface area contributed by atoms with Gasteiger partial charge in [0.05, 0.1) is 18.6 Å². The molecule has 0 saturated carbocycles. The Labute approximate surface area is 171 Å². The molecule has 0 saturated heterocycles. The molecular formula is C21H25N3O4S. The van der Waals surface area contributed by atoms with Gasteiger partial charge in [-0.1, -0.05) is 50.2 Å². The lowest BCUT2D eigenvalue weighted by Gasteiger charge is -2.18. The summed E-state index contributed by atoms with van der Waals surface area (Å²) in [5.41, 5.74) is 2.79. The van der Waals surface area contributed by atoms with Gasteiger partial charge in [0.15, 0.2) is 0 Å². The minimum atomic E-state index is -3.72. The van der Waals surface area contributed by atoms with Crippen LogP contribution in [0.1, 0.15) is 37.8 Å². The van der Waals surface area contributed by atoms with Gasteiger partial charge in [0.1, 0.15) is 5.75 Å². The van der Waals surface area contributed by atoms with E-state index in [1.165, 1.54) is 11.6 Å². The maximum atomic E-state index is 12.5. The molecule has 1 aromatic heterocycles. The van der Waals surface area contributed by atoms with Gasteiger partial charge in [-0.2, -0.15) is 4.98 Å². The van der Waals surface area contributed by atoms with E-state index in [0.717, 1.165) is 11.1 Å². The number of nitrogens with one attached hydrogen (secondary N) is 1. The monoisotopic (exact) mass is 415 g/mol. The first kappa shape index (κ1) is 21.0. The zero-order chi connectivity index (χ0) is 21.2. The van der Waals surface area contributed by atoms with E-state index >= 15 is 0 Å². The Kier molecular flexibility index (Phi) is 5.77. The smallest absolute Gasteiger partial charge is 0.242 e. The van der Waals surface area contributed by atoms with E-state index < -0.39 is 10.0 Å². The van der Waals surface area contributed by atoms with Crippen LogP contribution in [-0.4, -0.2) is 25.7 Å². The lowest BCUT2D eigenvalue weighted by atomic mass is 9.87. The first-order valence-electron chi connectivity index (χ1n) is 9.18. The summed E-state index contributed by atoms with van der Waals surface area (Å²) >= 11 is 0. The molecule has 0 bridgehead atoms. The van der Waals surface area contributed by atoms with Gasteiger partial charge in [-0.05, 0) is 41.7 Å². The van der Waals surface area contributed by atoms with E-state index in [9.17, 15) is 8.42 Å². The Morgan fingerprint density at radius 3 is 2.38 bits per heavy atom. The van der Waals surface area contributed by atoms with Crippen molar-refractivity contribution in [2.24, 2.45) is 0 Å². The fraction of sp³-hybridized carbons (Fsp3) is 0.333. The first-order chi connectivity index (χ1) is 13.6. The molecule has 0 amide bonds. The standard InChI is InChI=1S/C21H25N3O4S/c1-14-12-17(10-11-18(14)27-5)29(25,26)22-13-19-23-20(24-28-19)15-6-8-16(9-7-15)21(2,3)4/h6-12,22H,13H2,1-5H3. The third-order valence-corrected chi connectivity index (χ3v) is 5.97. The van der Waals surface area contributed by atoms with Crippen LogP contribution in [0, 0.1) is 6.92 Å². The summed E-state index contributed by atoms with van der Waals surface area (Å²) in [6, 6.07) is 12.6. The van der Waals surface area contributed by atoms with Crippen LogP contribution in [0.2, 0.25) is 0 Å². The van der Waals surface area contributed by atoms with Gasteiger partial charge in [0.25, 0.3) is 0 Å². The summed E-state index contributed by atoms with van der Waals surface area (Å²) in [6.45, 7) is 8.12. The average molecular weight is 416 g/mol. The highest BCUT2D eigenvalue weighted by Gasteiger charge is 2.18.